The molecule has 0 aromatic carbocycles. The molecular formula is C11H15N5S. The third kappa shape index (κ3) is 1.92. The van der Waals surface area contributed by atoms with Gasteiger partial charge in [-0.1, -0.05) is 0 Å². The smallest absolute Gasteiger partial charge is 0.147 e. The van der Waals surface area contributed by atoms with Gasteiger partial charge in [0.25, 0.3) is 0 Å². The molecule has 2 aromatic rings. The van der Waals surface area contributed by atoms with Crippen LogP contribution in [0.1, 0.15) is 24.6 Å². The standard InChI is InChI=1S/C11H15N5S/c1-16-5-7(12)2-3-9(16)10-8-4-13-6-14-11(8)17-15-10/h4,6-7,9H,2-3,5,12H2,1H3. The Hall–Kier alpha value is -1.11. The molecule has 0 bridgehead atoms. The second kappa shape index (κ2) is 4.29. The van der Waals surface area contributed by atoms with Gasteiger partial charge in [-0.3, -0.25) is 4.90 Å². The number of aromatic nitrogens is 3. The van der Waals surface area contributed by atoms with Gasteiger partial charge in [0.05, 0.1) is 17.1 Å². The van der Waals surface area contributed by atoms with Crippen molar-refractivity contribution in [1.29, 1.82) is 0 Å². The molecule has 2 N–H and O–H groups in total. The zero-order chi connectivity index (χ0) is 11.8. The largest absolute Gasteiger partial charge is 0.327 e. The lowest BCUT2D eigenvalue weighted by Crippen LogP contribution is -2.42. The molecule has 0 aliphatic carbocycles. The van der Waals surface area contributed by atoms with Gasteiger partial charge in [-0.2, -0.15) is 4.37 Å². The topological polar surface area (TPSA) is 67.9 Å². The molecule has 2 aromatic heterocycles. The summed E-state index contributed by atoms with van der Waals surface area (Å²) in [6.45, 7) is 0.928. The summed E-state index contributed by atoms with van der Waals surface area (Å²) >= 11 is 1.45. The number of likely N-dealkylation sites (N-methyl/N-ethyl adjacent to an activating group) is 1. The summed E-state index contributed by atoms with van der Waals surface area (Å²) in [7, 11) is 2.11. The number of hydrogen-bond donors (Lipinski definition) is 1. The maximum atomic E-state index is 5.97. The van der Waals surface area contributed by atoms with Crippen LogP contribution in [0.5, 0.6) is 0 Å². The Morgan fingerprint density at radius 2 is 2.35 bits per heavy atom. The summed E-state index contributed by atoms with van der Waals surface area (Å²) in [6, 6.07) is 0.645. The molecule has 0 spiro atoms. The zero-order valence-corrected chi connectivity index (χ0v) is 10.5. The highest BCUT2D eigenvalue weighted by atomic mass is 32.1. The summed E-state index contributed by atoms with van der Waals surface area (Å²) in [5.74, 6) is 0. The molecule has 3 rings (SSSR count). The van der Waals surface area contributed by atoms with Crippen LogP contribution in [-0.2, 0) is 0 Å². The van der Waals surface area contributed by atoms with E-state index in [1.807, 2.05) is 6.20 Å². The fraction of sp³-hybridized carbons (Fsp3) is 0.545. The van der Waals surface area contributed by atoms with E-state index < -0.39 is 0 Å². The minimum atomic E-state index is 0.289. The van der Waals surface area contributed by atoms with Crippen molar-refractivity contribution >= 4 is 21.7 Å². The lowest BCUT2D eigenvalue weighted by atomic mass is 9.96. The Balaban J connectivity index is 1.98. The summed E-state index contributed by atoms with van der Waals surface area (Å²) < 4.78 is 4.55. The molecule has 1 fully saturated rings. The van der Waals surface area contributed by atoms with Crippen LogP contribution in [0.15, 0.2) is 12.5 Å². The van der Waals surface area contributed by atoms with Gasteiger partial charge in [-0.15, -0.1) is 0 Å². The van der Waals surface area contributed by atoms with E-state index in [2.05, 4.69) is 26.3 Å². The average Bonchev–Trinajstić information content (AvgIpc) is 2.73. The van der Waals surface area contributed by atoms with E-state index in [4.69, 9.17) is 5.73 Å². The van der Waals surface area contributed by atoms with E-state index in [9.17, 15) is 0 Å². The average molecular weight is 249 g/mol. The number of likely N-dealkylation sites (tertiary alicyclic amines) is 1. The van der Waals surface area contributed by atoms with Gasteiger partial charge in [0.15, 0.2) is 0 Å². The third-order valence-corrected chi connectivity index (χ3v) is 4.15. The van der Waals surface area contributed by atoms with Crippen molar-refractivity contribution in [1.82, 2.24) is 19.2 Å². The number of nitrogens with zero attached hydrogens (tertiary/aromatic N) is 4. The number of fused-ring (bicyclic) bond motifs is 1. The van der Waals surface area contributed by atoms with E-state index in [-0.39, 0.29) is 6.04 Å². The van der Waals surface area contributed by atoms with Crippen molar-refractivity contribution in [3.63, 3.8) is 0 Å². The molecule has 0 amide bonds. The molecule has 2 atom stereocenters. The number of rotatable bonds is 1. The summed E-state index contributed by atoms with van der Waals surface area (Å²) in [6.07, 6.45) is 5.56. The Labute approximate surface area is 104 Å². The molecular weight excluding hydrogens is 234 g/mol. The normalized spacial score (nSPS) is 26.5. The fourth-order valence-corrected chi connectivity index (χ4v) is 3.23. The predicted molar refractivity (Wildman–Crippen MR) is 67.8 cm³/mol. The van der Waals surface area contributed by atoms with Crippen molar-refractivity contribution in [2.24, 2.45) is 5.73 Å². The second-order valence-electron chi connectivity index (χ2n) is 4.60. The van der Waals surface area contributed by atoms with E-state index >= 15 is 0 Å². The molecule has 3 heterocycles. The Bertz CT molecular complexity index is 525. The predicted octanol–water partition coefficient (Wildman–Crippen LogP) is 1.18. The van der Waals surface area contributed by atoms with Crippen molar-refractivity contribution < 1.29 is 0 Å². The van der Waals surface area contributed by atoms with Gasteiger partial charge in [0.2, 0.25) is 0 Å². The van der Waals surface area contributed by atoms with E-state index in [0.717, 1.165) is 35.3 Å². The minimum Gasteiger partial charge on any atom is -0.327 e. The molecule has 1 saturated heterocycles. The fourth-order valence-electron chi connectivity index (χ4n) is 2.47. The first-order chi connectivity index (χ1) is 8.25. The minimum absolute atomic E-state index is 0.289. The molecule has 2 unspecified atom stereocenters. The summed E-state index contributed by atoms with van der Waals surface area (Å²) in [4.78, 5) is 11.6. The van der Waals surface area contributed by atoms with Crippen molar-refractivity contribution in [3.05, 3.63) is 18.2 Å². The van der Waals surface area contributed by atoms with Gasteiger partial charge < -0.3 is 5.73 Å². The van der Waals surface area contributed by atoms with Crippen LogP contribution in [0.2, 0.25) is 0 Å². The number of piperidine rings is 1. The van der Waals surface area contributed by atoms with Crippen LogP contribution in [0.25, 0.3) is 10.2 Å². The van der Waals surface area contributed by atoms with Crippen molar-refractivity contribution in [3.8, 4) is 0 Å². The molecule has 1 aliphatic rings. The summed E-state index contributed by atoms with van der Waals surface area (Å²) in [5, 5.41) is 1.09. The maximum absolute atomic E-state index is 5.97. The van der Waals surface area contributed by atoms with E-state index in [0.29, 0.717) is 6.04 Å². The molecule has 6 heteroatoms. The Kier molecular flexibility index (Phi) is 2.78. The SMILES string of the molecule is CN1CC(N)CCC1c1nsc2ncncc12. The quantitative estimate of drug-likeness (QED) is 0.822. The Morgan fingerprint density at radius 3 is 3.18 bits per heavy atom. The Morgan fingerprint density at radius 1 is 1.47 bits per heavy atom. The molecule has 1 aliphatic heterocycles. The van der Waals surface area contributed by atoms with Crippen LogP contribution >= 0.6 is 11.5 Å². The zero-order valence-electron chi connectivity index (χ0n) is 9.71. The van der Waals surface area contributed by atoms with Crippen LogP contribution in [0.4, 0.5) is 0 Å². The molecule has 17 heavy (non-hydrogen) atoms. The van der Waals surface area contributed by atoms with E-state index in [1.54, 1.807) is 6.33 Å². The first-order valence-corrected chi connectivity index (χ1v) is 6.54. The monoisotopic (exact) mass is 249 g/mol. The molecule has 0 saturated carbocycles. The van der Waals surface area contributed by atoms with Gasteiger partial charge in [0, 0.05) is 18.8 Å². The first-order valence-electron chi connectivity index (χ1n) is 5.77. The van der Waals surface area contributed by atoms with Crippen LogP contribution < -0.4 is 5.73 Å². The van der Waals surface area contributed by atoms with Gasteiger partial charge in [0.1, 0.15) is 11.2 Å². The highest BCUT2D eigenvalue weighted by molar-refractivity contribution is 7.12. The lowest BCUT2D eigenvalue weighted by molar-refractivity contribution is 0.168. The number of nitrogens with two attached hydrogens (primary N) is 1. The molecule has 5 nitrogen and oxygen atoms in total. The highest BCUT2D eigenvalue weighted by Crippen LogP contribution is 2.33. The van der Waals surface area contributed by atoms with Crippen LogP contribution in [0, 0.1) is 0 Å². The third-order valence-electron chi connectivity index (χ3n) is 3.36. The van der Waals surface area contributed by atoms with Crippen molar-refractivity contribution in [2.75, 3.05) is 13.6 Å². The van der Waals surface area contributed by atoms with Gasteiger partial charge in [-0.05, 0) is 31.4 Å². The summed E-state index contributed by atoms with van der Waals surface area (Å²) in [5.41, 5.74) is 7.08. The maximum Gasteiger partial charge on any atom is 0.147 e. The van der Waals surface area contributed by atoms with E-state index in [1.165, 1.54) is 11.5 Å². The molecule has 90 valence electrons. The molecule has 0 radical (unpaired) electrons. The lowest BCUT2D eigenvalue weighted by Gasteiger charge is -2.34. The van der Waals surface area contributed by atoms with Crippen LogP contribution in [-0.4, -0.2) is 38.9 Å². The van der Waals surface area contributed by atoms with Crippen molar-refractivity contribution in [2.45, 2.75) is 24.9 Å². The number of hydrogen-bond acceptors (Lipinski definition) is 6. The first kappa shape index (κ1) is 11.0. The second-order valence-corrected chi connectivity index (χ2v) is 5.35. The highest BCUT2D eigenvalue weighted by Gasteiger charge is 2.28. The van der Waals surface area contributed by atoms with Gasteiger partial charge >= 0.3 is 0 Å². The van der Waals surface area contributed by atoms with Gasteiger partial charge in [-0.25, -0.2) is 9.97 Å². The van der Waals surface area contributed by atoms with Crippen LogP contribution in [0.3, 0.4) is 0 Å².